The van der Waals surface area contributed by atoms with Crippen molar-refractivity contribution in [2.75, 3.05) is 36.2 Å². The number of anilines is 3. The third-order valence-corrected chi connectivity index (χ3v) is 3.59. The number of amides is 2. The molecule has 0 aliphatic carbocycles. The van der Waals surface area contributed by atoms with Gasteiger partial charge in [0.25, 0.3) is 0 Å². The number of urea groups is 1. The summed E-state index contributed by atoms with van der Waals surface area (Å²) in [5.74, 6) is 0.857. The molecule has 3 N–H and O–H groups in total. The van der Waals surface area contributed by atoms with Crippen LogP contribution in [0.1, 0.15) is 5.69 Å². The first-order valence-corrected chi connectivity index (χ1v) is 8.14. The van der Waals surface area contributed by atoms with Crippen LogP contribution in [0.5, 0.6) is 0 Å². The van der Waals surface area contributed by atoms with E-state index in [1.165, 1.54) is 0 Å². The molecule has 2 amide bonds. The van der Waals surface area contributed by atoms with E-state index in [9.17, 15) is 4.79 Å². The Morgan fingerprint density at radius 2 is 2.00 bits per heavy atom. The monoisotopic (exact) mass is 352 g/mol. The van der Waals surface area contributed by atoms with Gasteiger partial charge in [-0.25, -0.2) is 9.78 Å². The Balaban J connectivity index is 1.66. The molecule has 0 saturated heterocycles. The Labute approximate surface area is 151 Å². The molecule has 26 heavy (non-hydrogen) atoms. The number of benzene rings is 1. The minimum atomic E-state index is -0.410. The maximum Gasteiger partial charge on any atom is 0.326 e. The van der Waals surface area contributed by atoms with E-state index in [2.05, 4.69) is 30.9 Å². The number of aryl methyl sites for hydroxylation is 1. The molecule has 0 radical (unpaired) electrons. The summed E-state index contributed by atoms with van der Waals surface area (Å²) >= 11 is 0. The van der Waals surface area contributed by atoms with Crippen LogP contribution in [-0.4, -0.2) is 41.2 Å². The molecule has 0 spiro atoms. The van der Waals surface area contributed by atoms with E-state index in [1.54, 1.807) is 25.6 Å². The summed E-state index contributed by atoms with van der Waals surface area (Å²) < 4.78 is 5.00. The first-order chi connectivity index (χ1) is 12.6. The van der Waals surface area contributed by atoms with Crippen molar-refractivity contribution in [2.24, 2.45) is 0 Å². The van der Waals surface area contributed by atoms with Gasteiger partial charge in [0.1, 0.15) is 5.82 Å². The van der Waals surface area contributed by atoms with E-state index in [0.717, 1.165) is 16.5 Å². The smallest absolute Gasteiger partial charge is 0.326 e. The molecule has 0 fully saturated rings. The molecule has 8 nitrogen and oxygen atoms in total. The summed E-state index contributed by atoms with van der Waals surface area (Å²) in [6.45, 7) is 3.01. The minimum absolute atomic E-state index is 0.229. The van der Waals surface area contributed by atoms with Crippen LogP contribution in [0.3, 0.4) is 0 Å². The lowest BCUT2D eigenvalue weighted by Crippen LogP contribution is -2.21. The third kappa shape index (κ3) is 4.64. The average molecular weight is 352 g/mol. The van der Waals surface area contributed by atoms with Crippen molar-refractivity contribution in [3.63, 3.8) is 0 Å². The normalized spacial score (nSPS) is 10.5. The maximum atomic E-state index is 12.2. The zero-order valence-corrected chi connectivity index (χ0v) is 14.6. The first kappa shape index (κ1) is 17.6. The predicted octanol–water partition coefficient (Wildman–Crippen LogP) is 3.04. The second-order valence-corrected chi connectivity index (χ2v) is 5.65. The summed E-state index contributed by atoms with van der Waals surface area (Å²) in [6, 6.07) is 8.88. The summed E-state index contributed by atoms with van der Waals surface area (Å²) in [5, 5.41) is 10.6. The van der Waals surface area contributed by atoms with Crippen LogP contribution in [0, 0.1) is 6.92 Å². The molecule has 3 rings (SSSR count). The van der Waals surface area contributed by atoms with Gasteiger partial charge in [0, 0.05) is 48.9 Å². The number of ether oxygens (including phenoxy) is 1. The van der Waals surface area contributed by atoms with Gasteiger partial charge >= 0.3 is 6.03 Å². The Morgan fingerprint density at radius 3 is 2.85 bits per heavy atom. The van der Waals surface area contributed by atoms with Gasteiger partial charge in [0.15, 0.2) is 0 Å². The Bertz CT molecular complexity index is 915. The van der Waals surface area contributed by atoms with Crippen LogP contribution in [0.2, 0.25) is 0 Å². The van der Waals surface area contributed by atoms with E-state index in [-0.39, 0.29) is 5.95 Å². The van der Waals surface area contributed by atoms with Crippen LogP contribution in [-0.2, 0) is 4.74 Å². The number of hydrogen-bond acceptors (Lipinski definition) is 6. The molecule has 0 aliphatic heterocycles. The fraction of sp³-hybridized carbons (Fsp3) is 0.222. The molecule has 8 heteroatoms. The number of nitrogens with zero attached hydrogens (tertiary/aromatic N) is 3. The Kier molecular flexibility index (Phi) is 5.55. The van der Waals surface area contributed by atoms with Gasteiger partial charge in [-0.15, -0.1) is 0 Å². The van der Waals surface area contributed by atoms with E-state index >= 15 is 0 Å². The highest BCUT2D eigenvalue weighted by molar-refractivity contribution is 6.00. The van der Waals surface area contributed by atoms with E-state index in [0.29, 0.717) is 24.7 Å². The van der Waals surface area contributed by atoms with E-state index in [1.807, 2.05) is 31.2 Å². The number of carbonyl (C=O) groups is 1. The number of nitrogens with one attached hydrogen (secondary N) is 3. The lowest BCUT2D eigenvalue weighted by Gasteiger charge is -2.10. The number of fused-ring (bicyclic) bond motifs is 1. The van der Waals surface area contributed by atoms with Crippen LogP contribution in [0.4, 0.5) is 22.2 Å². The maximum absolute atomic E-state index is 12.2. The standard InChI is InChI=1S/C18H20N6O2/c1-12-9-16(20-7-8-26-2)23-17(21-12)24-18(25)22-15-4-3-14-11-19-6-5-13(14)10-15/h3-6,9-11H,7-8H2,1-2H3,(H3,20,21,22,23,24,25). The molecule has 2 heterocycles. The van der Waals surface area contributed by atoms with E-state index in [4.69, 9.17) is 4.74 Å². The highest BCUT2D eigenvalue weighted by Crippen LogP contribution is 2.18. The SMILES string of the molecule is COCCNc1cc(C)nc(NC(=O)Nc2ccc3cnccc3c2)n1. The summed E-state index contributed by atoms with van der Waals surface area (Å²) in [5.41, 5.74) is 1.42. The summed E-state index contributed by atoms with van der Waals surface area (Å²) in [6.07, 6.45) is 3.49. The summed E-state index contributed by atoms with van der Waals surface area (Å²) in [7, 11) is 1.63. The minimum Gasteiger partial charge on any atom is -0.383 e. The van der Waals surface area contributed by atoms with Crippen molar-refractivity contribution >= 4 is 34.3 Å². The Hall–Kier alpha value is -3.26. The number of carbonyl (C=O) groups excluding carboxylic acids is 1. The van der Waals surface area contributed by atoms with Crippen LogP contribution >= 0.6 is 0 Å². The van der Waals surface area contributed by atoms with Gasteiger partial charge in [-0.1, -0.05) is 6.07 Å². The van der Waals surface area contributed by atoms with Gasteiger partial charge in [0.05, 0.1) is 6.61 Å². The van der Waals surface area contributed by atoms with Gasteiger partial charge in [-0.05, 0) is 30.5 Å². The lowest BCUT2D eigenvalue weighted by molar-refractivity contribution is 0.210. The lowest BCUT2D eigenvalue weighted by atomic mass is 10.1. The molecule has 134 valence electrons. The molecule has 2 aromatic heterocycles. The van der Waals surface area contributed by atoms with Crippen molar-refractivity contribution < 1.29 is 9.53 Å². The topological polar surface area (TPSA) is 101 Å². The molecule has 0 saturated carbocycles. The van der Waals surface area contributed by atoms with Crippen molar-refractivity contribution in [2.45, 2.75) is 6.92 Å². The number of aromatic nitrogens is 3. The van der Waals surface area contributed by atoms with Crippen LogP contribution < -0.4 is 16.0 Å². The highest BCUT2D eigenvalue weighted by atomic mass is 16.5. The summed E-state index contributed by atoms with van der Waals surface area (Å²) in [4.78, 5) is 24.8. The van der Waals surface area contributed by atoms with Gasteiger partial charge in [0.2, 0.25) is 5.95 Å². The fourth-order valence-electron chi connectivity index (χ4n) is 2.42. The first-order valence-electron chi connectivity index (χ1n) is 8.14. The number of hydrogen-bond donors (Lipinski definition) is 3. The molecular weight excluding hydrogens is 332 g/mol. The molecule has 0 bridgehead atoms. The average Bonchev–Trinajstić information content (AvgIpc) is 2.61. The molecule has 3 aromatic rings. The zero-order chi connectivity index (χ0) is 18.4. The molecule has 1 aromatic carbocycles. The van der Waals surface area contributed by atoms with E-state index < -0.39 is 6.03 Å². The van der Waals surface area contributed by atoms with Gasteiger partial charge in [-0.2, -0.15) is 4.98 Å². The molecule has 0 aliphatic rings. The zero-order valence-electron chi connectivity index (χ0n) is 14.6. The largest absolute Gasteiger partial charge is 0.383 e. The fourth-order valence-corrected chi connectivity index (χ4v) is 2.42. The van der Waals surface area contributed by atoms with Gasteiger partial charge < -0.3 is 15.4 Å². The van der Waals surface area contributed by atoms with Crippen molar-refractivity contribution in [3.05, 3.63) is 48.4 Å². The third-order valence-electron chi connectivity index (χ3n) is 3.59. The number of pyridine rings is 1. The van der Waals surface area contributed by atoms with Crippen molar-refractivity contribution in [1.82, 2.24) is 15.0 Å². The van der Waals surface area contributed by atoms with Crippen molar-refractivity contribution in [1.29, 1.82) is 0 Å². The molecule has 0 atom stereocenters. The number of methoxy groups -OCH3 is 1. The quantitative estimate of drug-likeness (QED) is 0.590. The molecular formula is C18H20N6O2. The van der Waals surface area contributed by atoms with Gasteiger partial charge in [-0.3, -0.25) is 10.3 Å². The number of rotatable bonds is 6. The van der Waals surface area contributed by atoms with Crippen LogP contribution in [0.15, 0.2) is 42.7 Å². The van der Waals surface area contributed by atoms with Crippen LogP contribution in [0.25, 0.3) is 10.8 Å². The Morgan fingerprint density at radius 1 is 1.12 bits per heavy atom. The van der Waals surface area contributed by atoms with Crippen molar-refractivity contribution in [3.8, 4) is 0 Å². The second-order valence-electron chi connectivity index (χ2n) is 5.65. The molecule has 0 unspecified atom stereocenters. The second kappa shape index (κ2) is 8.21. The predicted molar refractivity (Wildman–Crippen MR) is 102 cm³/mol. The highest BCUT2D eigenvalue weighted by Gasteiger charge is 2.08.